The van der Waals surface area contributed by atoms with E-state index in [1.54, 1.807) is 0 Å². The van der Waals surface area contributed by atoms with E-state index in [1.165, 1.54) is 24.1 Å². The molecule has 1 atom stereocenters. The predicted octanol–water partition coefficient (Wildman–Crippen LogP) is 4.77. The van der Waals surface area contributed by atoms with Crippen molar-refractivity contribution in [1.29, 1.82) is 0 Å². The fraction of sp³-hybridized carbons (Fsp3) is 0.394. The molecule has 1 N–H and O–H groups in total. The lowest BCUT2D eigenvalue weighted by molar-refractivity contribution is -0.384. The summed E-state index contributed by atoms with van der Waals surface area (Å²) in [5, 5.41) is 14.7. The van der Waals surface area contributed by atoms with Gasteiger partial charge in [0.05, 0.1) is 18.3 Å². The summed E-state index contributed by atoms with van der Waals surface area (Å²) in [4.78, 5) is 40.8. The van der Waals surface area contributed by atoms with Crippen LogP contribution in [0.5, 0.6) is 5.75 Å². The molecule has 1 aliphatic rings. The maximum atomic E-state index is 14.4. The lowest BCUT2D eigenvalue weighted by Gasteiger charge is -2.35. The first kappa shape index (κ1) is 33.4. The SMILES string of the molecule is COc1ccc([N+](=O)[O-])cc1N(CC(=O)N(Cc1ccccc1C)[C@@H](Cc1ccccc1)C(=O)NC1CCCCC1)S(C)(=O)=O. The van der Waals surface area contributed by atoms with Crippen molar-refractivity contribution in [3.8, 4) is 5.75 Å². The summed E-state index contributed by atoms with van der Waals surface area (Å²) < 4.78 is 32.5. The molecule has 0 unspecified atom stereocenters. The first-order valence-electron chi connectivity index (χ1n) is 15.0. The normalized spacial score (nSPS) is 14.3. The molecule has 0 aromatic heterocycles. The summed E-state index contributed by atoms with van der Waals surface area (Å²) in [6.07, 6.45) is 5.95. The highest BCUT2D eigenvalue weighted by molar-refractivity contribution is 7.92. The van der Waals surface area contributed by atoms with Crippen molar-refractivity contribution in [3.05, 3.63) is 99.6 Å². The number of ether oxygens (including phenoxy) is 1. The van der Waals surface area contributed by atoms with Gasteiger partial charge in [0.25, 0.3) is 5.69 Å². The summed E-state index contributed by atoms with van der Waals surface area (Å²) in [5.74, 6) is -0.913. The summed E-state index contributed by atoms with van der Waals surface area (Å²) in [6, 6.07) is 19.4. The number of amides is 2. The minimum absolute atomic E-state index is 0.0124. The van der Waals surface area contributed by atoms with Crippen LogP contribution in [0.2, 0.25) is 0 Å². The van der Waals surface area contributed by atoms with E-state index in [0.29, 0.717) is 0 Å². The van der Waals surface area contributed by atoms with E-state index in [9.17, 15) is 28.1 Å². The number of carbonyl (C=O) groups excluding carboxylic acids is 2. The highest BCUT2D eigenvalue weighted by Crippen LogP contribution is 2.34. The van der Waals surface area contributed by atoms with Crippen LogP contribution in [-0.2, 0) is 32.6 Å². The molecule has 0 bridgehead atoms. The monoisotopic (exact) mass is 636 g/mol. The topological polar surface area (TPSA) is 139 Å². The molecule has 0 saturated heterocycles. The number of hydrogen-bond acceptors (Lipinski definition) is 7. The van der Waals surface area contributed by atoms with Gasteiger partial charge in [0.2, 0.25) is 21.8 Å². The summed E-state index contributed by atoms with van der Waals surface area (Å²) in [6.45, 7) is 1.25. The van der Waals surface area contributed by atoms with Gasteiger partial charge in [-0.2, -0.15) is 0 Å². The number of nitrogens with zero attached hydrogens (tertiary/aromatic N) is 3. The third-order valence-electron chi connectivity index (χ3n) is 8.15. The van der Waals surface area contributed by atoms with Crippen LogP contribution in [0, 0.1) is 17.0 Å². The molecule has 45 heavy (non-hydrogen) atoms. The molecule has 1 saturated carbocycles. The van der Waals surface area contributed by atoms with E-state index in [1.807, 2.05) is 61.5 Å². The molecule has 0 heterocycles. The second kappa shape index (κ2) is 15.0. The van der Waals surface area contributed by atoms with Crippen LogP contribution < -0.4 is 14.4 Å². The lowest BCUT2D eigenvalue weighted by Crippen LogP contribution is -2.55. The standard InChI is InChI=1S/C33H40N4O7S/c1-24-12-10-11-15-26(24)22-35(30(20-25-13-6-4-7-14-25)33(39)34-27-16-8-5-9-17-27)32(38)23-36(45(3,42)43)29-21-28(37(40)41)18-19-31(29)44-2/h4,6-7,10-15,18-19,21,27,30H,5,8-9,16-17,20,22-23H2,1-3H3,(H,34,39)/t30-/m0/s1. The average Bonchev–Trinajstić information content (AvgIpc) is 3.02. The lowest BCUT2D eigenvalue weighted by atomic mass is 9.94. The van der Waals surface area contributed by atoms with Gasteiger partial charge in [0, 0.05) is 31.1 Å². The first-order chi connectivity index (χ1) is 21.5. The van der Waals surface area contributed by atoms with Gasteiger partial charge in [-0.05, 0) is 42.5 Å². The van der Waals surface area contributed by atoms with Crippen molar-refractivity contribution < 1.29 is 27.7 Å². The van der Waals surface area contributed by atoms with Gasteiger partial charge < -0.3 is 15.0 Å². The van der Waals surface area contributed by atoms with Gasteiger partial charge in [-0.25, -0.2) is 8.42 Å². The Kier molecular flexibility index (Phi) is 11.2. The molecule has 2 amide bonds. The van der Waals surface area contributed by atoms with E-state index in [4.69, 9.17) is 4.74 Å². The molecular weight excluding hydrogens is 596 g/mol. The fourth-order valence-electron chi connectivity index (χ4n) is 5.65. The number of benzene rings is 3. The Morgan fingerprint density at radius 2 is 1.69 bits per heavy atom. The summed E-state index contributed by atoms with van der Waals surface area (Å²) in [7, 11) is -2.84. The Balaban J connectivity index is 1.78. The number of hydrogen-bond donors (Lipinski definition) is 1. The predicted molar refractivity (Wildman–Crippen MR) is 173 cm³/mol. The molecule has 1 aliphatic carbocycles. The maximum Gasteiger partial charge on any atom is 0.271 e. The third-order valence-corrected chi connectivity index (χ3v) is 9.27. The van der Waals surface area contributed by atoms with Crippen LogP contribution in [0.15, 0.2) is 72.8 Å². The van der Waals surface area contributed by atoms with E-state index in [-0.39, 0.29) is 42.0 Å². The molecule has 1 fully saturated rings. The Bertz CT molecular complexity index is 1610. The van der Waals surface area contributed by atoms with Gasteiger partial charge in [-0.1, -0.05) is 73.9 Å². The Hall–Kier alpha value is -4.45. The van der Waals surface area contributed by atoms with Crippen molar-refractivity contribution in [2.45, 2.75) is 64.1 Å². The Morgan fingerprint density at radius 1 is 1.02 bits per heavy atom. The fourth-order valence-corrected chi connectivity index (χ4v) is 6.50. The zero-order chi connectivity index (χ0) is 32.6. The highest BCUT2D eigenvalue weighted by Gasteiger charge is 2.35. The molecule has 3 aromatic rings. The van der Waals surface area contributed by atoms with Crippen LogP contribution in [0.25, 0.3) is 0 Å². The number of nitro benzene ring substituents is 1. The molecule has 0 aliphatic heterocycles. The molecule has 11 nitrogen and oxygen atoms in total. The van der Waals surface area contributed by atoms with E-state index in [0.717, 1.165) is 65.4 Å². The van der Waals surface area contributed by atoms with Gasteiger partial charge in [-0.15, -0.1) is 0 Å². The van der Waals surface area contributed by atoms with Crippen LogP contribution in [0.4, 0.5) is 11.4 Å². The minimum Gasteiger partial charge on any atom is -0.495 e. The second-order valence-electron chi connectivity index (χ2n) is 11.4. The number of methoxy groups -OCH3 is 1. The highest BCUT2D eigenvalue weighted by atomic mass is 32.2. The van der Waals surface area contributed by atoms with Crippen LogP contribution in [0.1, 0.15) is 48.8 Å². The van der Waals surface area contributed by atoms with Crippen LogP contribution in [-0.4, -0.2) is 62.0 Å². The molecule has 12 heteroatoms. The van der Waals surface area contributed by atoms with Crippen molar-refractivity contribution in [1.82, 2.24) is 10.2 Å². The van der Waals surface area contributed by atoms with Crippen molar-refractivity contribution >= 4 is 33.2 Å². The quantitative estimate of drug-likeness (QED) is 0.211. The van der Waals surface area contributed by atoms with Gasteiger partial charge in [-0.3, -0.25) is 24.0 Å². The molecule has 0 radical (unpaired) electrons. The third kappa shape index (κ3) is 8.81. The second-order valence-corrected chi connectivity index (χ2v) is 13.3. The molecule has 0 spiro atoms. The number of nitro groups is 1. The Labute approximate surface area is 264 Å². The number of anilines is 1. The number of nitrogens with one attached hydrogen (secondary N) is 1. The molecular formula is C33H40N4O7S. The van der Waals surface area contributed by atoms with Crippen molar-refractivity contribution in [3.63, 3.8) is 0 Å². The maximum absolute atomic E-state index is 14.4. The smallest absolute Gasteiger partial charge is 0.271 e. The van der Waals surface area contributed by atoms with E-state index in [2.05, 4.69) is 5.32 Å². The largest absolute Gasteiger partial charge is 0.495 e. The number of rotatable bonds is 13. The first-order valence-corrected chi connectivity index (χ1v) is 16.8. The number of sulfonamides is 1. The van der Waals surface area contributed by atoms with Crippen molar-refractivity contribution in [2.24, 2.45) is 0 Å². The van der Waals surface area contributed by atoms with Gasteiger partial charge >= 0.3 is 0 Å². The molecule has 3 aromatic carbocycles. The van der Waals surface area contributed by atoms with E-state index < -0.39 is 33.4 Å². The average molecular weight is 637 g/mol. The number of non-ortho nitro benzene ring substituents is 1. The molecule has 4 rings (SSSR count). The summed E-state index contributed by atoms with van der Waals surface area (Å²) in [5.41, 5.74) is 2.03. The number of carbonyl (C=O) groups is 2. The van der Waals surface area contributed by atoms with Gasteiger partial charge in [0.15, 0.2) is 0 Å². The Morgan fingerprint density at radius 3 is 2.31 bits per heavy atom. The van der Waals surface area contributed by atoms with Gasteiger partial charge in [0.1, 0.15) is 24.0 Å². The van der Waals surface area contributed by atoms with E-state index >= 15 is 0 Å². The minimum atomic E-state index is -4.15. The van der Waals surface area contributed by atoms with Crippen LogP contribution in [0.3, 0.4) is 0 Å². The van der Waals surface area contributed by atoms with Crippen LogP contribution >= 0.6 is 0 Å². The number of aryl methyl sites for hydroxylation is 1. The zero-order valence-corrected chi connectivity index (χ0v) is 26.7. The summed E-state index contributed by atoms with van der Waals surface area (Å²) >= 11 is 0. The zero-order valence-electron chi connectivity index (χ0n) is 25.8. The molecule has 240 valence electrons. The van der Waals surface area contributed by atoms with Crippen molar-refractivity contribution in [2.75, 3.05) is 24.2 Å².